The van der Waals surface area contributed by atoms with Crippen LogP contribution in [0.25, 0.3) is 0 Å². The molecule has 1 atom stereocenters. The van der Waals surface area contributed by atoms with Crippen molar-refractivity contribution in [3.05, 3.63) is 41.2 Å². The van der Waals surface area contributed by atoms with Crippen molar-refractivity contribution in [3.8, 4) is 0 Å². The zero-order valence-electron chi connectivity index (χ0n) is 10.6. The molecule has 0 amide bonds. The first-order valence-electron chi connectivity index (χ1n) is 5.66. The minimum absolute atomic E-state index is 0.0378. The number of benzene rings is 1. The highest BCUT2D eigenvalue weighted by molar-refractivity contribution is 6.28. The number of methoxy groups -OCH3 is 1. The van der Waals surface area contributed by atoms with Crippen LogP contribution in [0.2, 0.25) is 5.28 Å². The second-order valence-electron chi connectivity index (χ2n) is 3.80. The predicted molar refractivity (Wildman–Crippen MR) is 74.1 cm³/mol. The number of nitrogen functional groups attached to an aromatic ring is 1. The average molecular weight is 294 g/mol. The highest BCUT2D eigenvalue weighted by Crippen LogP contribution is 2.19. The molecule has 0 saturated carbocycles. The van der Waals surface area contributed by atoms with Gasteiger partial charge in [-0.3, -0.25) is 0 Å². The van der Waals surface area contributed by atoms with Crippen LogP contribution in [-0.2, 0) is 9.53 Å². The lowest BCUT2D eigenvalue weighted by Crippen LogP contribution is -2.23. The SMILES string of the molecule is COC(=O)C(Nc1nc(N)nc(Cl)n1)c1ccccc1. The van der Waals surface area contributed by atoms with Crippen LogP contribution in [0.3, 0.4) is 0 Å². The van der Waals surface area contributed by atoms with E-state index in [-0.39, 0.29) is 17.2 Å². The Bertz CT molecular complexity index is 588. The first kappa shape index (κ1) is 14.0. The summed E-state index contributed by atoms with van der Waals surface area (Å²) in [6.45, 7) is 0. The van der Waals surface area contributed by atoms with Crippen molar-refractivity contribution in [2.45, 2.75) is 6.04 Å². The molecule has 0 radical (unpaired) electrons. The minimum Gasteiger partial charge on any atom is -0.467 e. The topological polar surface area (TPSA) is 103 Å². The van der Waals surface area contributed by atoms with Crippen LogP contribution < -0.4 is 11.1 Å². The van der Waals surface area contributed by atoms with E-state index in [0.717, 1.165) is 0 Å². The Morgan fingerprint density at radius 3 is 2.60 bits per heavy atom. The number of nitrogens with one attached hydrogen (secondary N) is 1. The molecule has 0 bridgehead atoms. The summed E-state index contributed by atoms with van der Waals surface area (Å²) in [5.74, 6) is -0.419. The molecule has 1 unspecified atom stereocenters. The van der Waals surface area contributed by atoms with Gasteiger partial charge >= 0.3 is 5.97 Å². The molecule has 1 aromatic heterocycles. The van der Waals surface area contributed by atoms with Crippen molar-refractivity contribution in [2.24, 2.45) is 0 Å². The van der Waals surface area contributed by atoms with Gasteiger partial charge in [0.1, 0.15) is 0 Å². The highest BCUT2D eigenvalue weighted by Gasteiger charge is 2.22. The van der Waals surface area contributed by atoms with E-state index >= 15 is 0 Å². The van der Waals surface area contributed by atoms with Gasteiger partial charge in [0, 0.05) is 0 Å². The van der Waals surface area contributed by atoms with Crippen LogP contribution in [0.4, 0.5) is 11.9 Å². The molecule has 8 heteroatoms. The summed E-state index contributed by atoms with van der Waals surface area (Å²) in [4.78, 5) is 23.2. The van der Waals surface area contributed by atoms with Crippen LogP contribution >= 0.6 is 11.6 Å². The van der Waals surface area contributed by atoms with E-state index in [1.165, 1.54) is 7.11 Å². The number of nitrogens with zero attached hydrogens (tertiary/aromatic N) is 3. The number of anilines is 2. The van der Waals surface area contributed by atoms with E-state index in [4.69, 9.17) is 22.1 Å². The molecule has 0 spiro atoms. The lowest BCUT2D eigenvalue weighted by Gasteiger charge is -2.16. The first-order valence-corrected chi connectivity index (χ1v) is 6.04. The van der Waals surface area contributed by atoms with Gasteiger partial charge < -0.3 is 15.8 Å². The van der Waals surface area contributed by atoms with Gasteiger partial charge in [-0.1, -0.05) is 30.3 Å². The van der Waals surface area contributed by atoms with Gasteiger partial charge in [-0.25, -0.2) is 4.79 Å². The van der Waals surface area contributed by atoms with Gasteiger partial charge in [0.05, 0.1) is 7.11 Å². The number of aromatic nitrogens is 3. The monoisotopic (exact) mass is 293 g/mol. The number of carbonyl (C=O) groups excluding carboxylic acids is 1. The number of esters is 1. The third-order valence-electron chi connectivity index (χ3n) is 2.47. The number of ether oxygens (including phenoxy) is 1. The predicted octanol–water partition coefficient (Wildman–Crippen LogP) is 1.43. The molecule has 0 fully saturated rings. The van der Waals surface area contributed by atoms with E-state index < -0.39 is 12.0 Å². The molecule has 0 aliphatic rings. The van der Waals surface area contributed by atoms with Crippen molar-refractivity contribution < 1.29 is 9.53 Å². The average Bonchev–Trinajstić information content (AvgIpc) is 2.44. The van der Waals surface area contributed by atoms with Crippen molar-refractivity contribution in [2.75, 3.05) is 18.2 Å². The second-order valence-corrected chi connectivity index (χ2v) is 4.14. The number of halogens is 1. The standard InChI is InChI=1S/C12H12ClN5O2/c1-20-9(19)8(7-5-3-2-4-6-7)15-12-17-10(13)16-11(14)18-12/h2-6,8H,1H3,(H3,14,15,16,17,18). The Morgan fingerprint density at radius 1 is 1.30 bits per heavy atom. The number of hydrogen-bond donors (Lipinski definition) is 2. The quantitative estimate of drug-likeness (QED) is 0.822. The smallest absolute Gasteiger partial charge is 0.333 e. The van der Waals surface area contributed by atoms with Crippen molar-refractivity contribution in [3.63, 3.8) is 0 Å². The normalized spacial score (nSPS) is 11.7. The zero-order chi connectivity index (χ0) is 14.5. The molecule has 1 heterocycles. The Kier molecular flexibility index (Phi) is 4.31. The molecule has 1 aromatic carbocycles. The zero-order valence-corrected chi connectivity index (χ0v) is 11.3. The van der Waals surface area contributed by atoms with E-state index in [0.29, 0.717) is 5.56 Å². The fourth-order valence-electron chi connectivity index (χ4n) is 1.60. The summed E-state index contributed by atoms with van der Waals surface area (Å²) in [5.41, 5.74) is 6.18. The summed E-state index contributed by atoms with van der Waals surface area (Å²) in [6.07, 6.45) is 0. The molecule has 0 aliphatic heterocycles. The Labute approximate surface area is 120 Å². The van der Waals surface area contributed by atoms with Crippen LogP contribution in [0.15, 0.2) is 30.3 Å². The first-order chi connectivity index (χ1) is 9.60. The van der Waals surface area contributed by atoms with Crippen LogP contribution in [0, 0.1) is 0 Å². The summed E-state index contributed by atoms with van der Waals surface area (Å²) < 4.78 is 4.76. The third kappa shape index (κ3) is 3.33. The molecular weight excluding hydrogens is 282 g/mol. The fraction of sp³-hybridized carbons (Fsp3) is 0.167. The molecule has 2 rings (SSSR count). The Balaban J connectivity index is 2.31. The number of hydrogen-bond acceptors (Lipinski definition) is 7. The van der Waals surface area contributed by atoms with Gasteiger partial charge in [0.15, 0.2) is 6.04 Å². The number of rotatable bonds is 4. The molecule has 0 aliphatic carbocycles. The molecule has 2 aromatic rings. The molecule has 0 saturated heterocycles. The van der Waals surface area contributed by atoms with E-state index in [2.05, 4.69) is 20.3 Å². The van der Waals surface area contributed by atoms with E-state index in [9.17, 15) is 4.79 Å². The Hall–Kier alpha value is -2.41. The summed E-state index contributed by atoms with van der Waals surface area (Å²) in [6, 6.07) is 8.25. The lowest BCUT2D eigenvalue weighted by molar-refractivity contribution is -0.141. The Morgan fingerprint density at radius 2 is 2.00 bits per heavy atom. The summed E-state index contributed by atoms with van der Waals surface area (Å²) in [5, 5.41) is 2.77. The van der Waals surface area contributed by atoms with Crippen molar-refractivity contribution in [1.82, 2.24) is 15.0 Å². The van der Waals surface area contributed by atoms with Gasteiger partial charge in [-0.2, -0.15) is 15.0 Å². The molecular formula is C12H12ClN5O2. The third-order valence-corrected chi connectivity index (χ3v) is 2.64. The maximum Gasteiger partial charge on any atom is 0.333 e. The van der Waals surface area contributed by atoms with E-state index in [1.54, 1.807) is 12.1 Å². The van der Waals surface area contributed by atoms with E-state index in [1.807, 2.05) is 18.2 Å². The summed E-state index contributed by atoms with van der Waals surface area (Å²) in [7, 11) is 1.30. The number of nitrogens with two attached hydrogens (primary N) is 1. The summed E-state index contributed by atoms with van der Waals surface area (Å²) >= 11 is 5.69. The largest absolute Gasteiger partial charge is 0.467 e. The van der Waals surface area contributed by atoms with Gasteiger partial charge in [-0.05, 0) is 17.2 Å². The molecule has 20 heavy (non-hydrogen) atoms. The molecule has 104 valence electrons. The maximum atomic E-state index is 11.9. The van der Waals surface area contributed by atoms with Crippen molar-refractivity contribution >= 4 is 29.5 Å². The van der Waals surface area contributed by atoms with Crippen LogP contribution in [0.1, 0.15) is 11.6 Å². The second kappa shape index (κ2) is 6.16. The van der Waals surface area contributed by atoms with Gasteiger partial charge in [0.25, 0.3) is 0 Å². The van der Waals surface area contributed by atoms with Gasteiger partial charge in [-0.15, -0.1) is 0 Å². The molecule has 7 nitrogen and oxygen atoms in total. The fourth-order valence-corrected chi connectivity index (χ4v) is 1.77. The van der Waals surface area contributed by atoms with Crippen molar-refractivity contribution in [1.29, 1.82) is 0 Å². The minimum atomic E-state index is -0.765. The highest BCUT2D eigenvalue weighted by atomic mass is 35.5. The maximum absolute atomic E-state index is 11.9. The van der Waals surface area contributed by atoms with Crippen LogP contribution in [-0.4, -0.2) is 28.0 Å². The number of carbonyl (C=O) groups is 1. The van der Waals surface area contributed by atoms with Crippen LogP contribution in [0.5, 0.6) is 0 Å². The lowest BCUT2D eigenvalue weighted by atomic mass is 10.1. The van der Waals surface area contributed by atoms with Gasteiger partial charge in [0.2, 0.25) is 17.2 Å². The molecule has 3 N–H and O–H groups in total.